The predicted octanol–water partition coefficient (Wildman–Crippen LogP) is 4.17. The fourth-order valence-electron chi connectivity index (χ4n) is 8.08. The minimum Gasteiger partial charge on any atom is -0.491 e. The lowest BCUT2D eigenvalue weighted by atomic mass is 9.44. The molecule has 1 heterocycles. The van der Waals surface area contributed by atoms with E-state index in [0.717, 1.165) is 16.7 Å². The minimum absolute atomic E-state index is 0.117. The Kier molecular flexibility index (Phi) is 6.70. The van der Waals surface area contributed by atoms with Crippen LogP contribution in [0.15, 0.2) is 103 Å². The van der Waals surface area contributed by atoms with Crippen LogP contribution >= 0.6 is 0 Å². The molecule has 43 heavy (non-hydrogen) atoms. The van der Waals surface area contributed by atoms with E-state index in [4.69, 9.17) is 4.74 Å². The first-order chi connectivity index (χ1) is 20.9. The number of carbonyl (C=O) groups excluding carboxylic acids is 4. The van der Waals surface area contributed by atoms with Crippen molar-refractivity contribution in [2.24, 2.45) is 23.7 Å². The van der Waals surface area contributed by atoms with Gasteiger partial charge in [-0.1, -0.05) is 84.4 Å². The number of amides is 2. The Morgan fingerprint density at radius 2 is 1.53 bits per heavy atom. The van der Waals surface area contributed by atoms with Crippen LogP contribution < -0.4 is 10.1 Å². The molecule has 2 fully saturated rings. The van der Waals surface area contributed by atoms with E-state index in [2.05, 4.69) is 5.32 Å². The van der Waals surface area contributed by atoms with Gasteiger partial charge in [-0.3, -0.25) is 24.5 Å². The van der Waals surface area contributed by atoms with E-state index in [9.17, 15) is 24.3 Å². The van der Waals surface area contributed by atoms with Gasteiger partial charge in [-0.25, -0.2) is 0 Å². The molecule has 0 aromatic heterocycles. The summed E-state index contributed by atoms with van der Waals surface area (Å²) in [6.07, 6.45) is 4.24. The molecule has 1 aliphatic heterocycles. The van der Waals surface area contributed by atoms with Crippen molar-refractivity contribution in [3.8, 4) is 5.75 Å². The maximum absolute atomic E-state index is 14.8. The molecule has 6 unspecified atom stereocenters. The van der Waals surface area contributed by atoms with Gasteiger partial charge in [0, 0.05) is 17.4 Å². The number of nitrogens with one attached hydrogen (secondary N) is 1. The zero-order valence-corrected chi connectivity index (χ0v) is 23.4. The second kappa shape index (κ2) is 10.6. The first-order valence-corrected chi connectivity index (χ1v) is 14.7. The lowest BCUT2D eigenvalue weighted by Gasteiger charge is -2.55. The molecule has 1 saturated heterocycles. The highest BCUT2D eigenvalue weighted by atomic mass is 16.5. The maximum Gasteiger partial charge on any atom is 0.231 e. The molecule has 1 saturated carbocycles. The van der Waals surface area contributed by atoms with Crippen molar-refractivity contribution in [1.29, 1.82) is 0 Å². The molecule has 2 N–H and O–H groups in total. The van der Waals surface area contributed by atoms with E-state index in [1.165, 1.54) is 6.08 Å². The van der Waals surface area contributed by atoms with Gasteiger partial charge in [0.25, 0.3) is 0 Å². The third-order valence-electron chi connectivity index (χ3n) is 9.79. The van der Waals surface area contributed by atoms with Crippen LogP contribution in [0, 0.1) is 23.7 Å². The molecule has 4 aliphatic rings. The zero-order valence-electron chi connectivity index (χ0n) is 23.4. The molecule has 3 aliphatic carbocycles. The highest BCUT2D eigenvalue weighted by Crippen LogP contribution is 2.63. The maximum atomic E-state index is 14.8. The lowest BCUT2D eigenvalue weighted by molar-refractivity contribution is -0.135. The number of hydrogen-bond acceptors (Lipinski definition) is 6. The van der Waals surface area contributed by atoms with Crippen molar-refractivity contribution in [1.82, 2.24) is 5.32 Å². The summed E-state index contributed by atoms with van der Waals surface area (Å²) in [4.78, 5) is 55.6. The van der Waals surface area contributed by atoms with Gasteiger partial charge in [-0.15, -0.1) is 0 Å². The van der Waals surface area contributed by atoms with Crippen LogP contribution in [0.3, 0.4) is 0 Å². The number of ketones is 2. The first-order valence-electron chi connectivity index (χ1n) is 14.7. The van der Waals surface area contributed by atoms with Crippen molar-refractivity contribution in [2.75, 3.05) is 13.2 Å². The number of carbonyl (C=O) groups is 4. The SMILES string of the molecule is O=C1NC(=O)C2C1CC=C1C2CC2C(=O)C(c3ccccc3)=CC(=O)C2(c2ccccc2)C1c1ccc(OCCO)cc1. The van der Waals surface area contributed by atoms with Crippen LogP contribution in [0.25, 0.3) is 5.57 Å². The van der Waals surface area contributed by atoms with Gasteiger partial charge in [0.05, 0.1) is 23.9 Å². The molecule has 0 radical (unpaired) electrons. The lowest BCUT2D eigenvalue weighted by Crippen LogP contribution is -2.58. The molecule has 3 aromatic carbocycles. The zero-order chi connectivity index (χ0) is 29.7. The molecule has 6 atom stereocenters. The minimum atomic E-state index is -1.25. The Bertz CT molecular complexity index is 1680. The van der Waals surface area contributed by atoms with Gasteiger partial charge in [-0.2, -0.15) is 0 Å². The fraction of sp³-hybridized carbons (Fsp3) is 0.278. The van der Waals surface area contributed by atoms with Crippen molar-refractivity contribution < 1.29 is 29.0 Å². The highest BCUT2D eigenvalue weighted by molar-refractivity contribution is 6.31. The average molecular weight is 574 g/mol. The summed E-state index contributed by atoms with van der Waals surface area (Å²) in [5, 5.41) is 11.7. The van der Waals surface area contributed by atoms with Gasteiger partial charge in [0.15, 0.2) is 11.6 Å². The van der Waals surface area contributed by atoms with Gasteiger partial charge >= 0.3 is 0 Å². The molecule has 2 amide bonds. The Balaban J connectivity index is 1.48. The van der Waals surface area contributed by atoms with E-state index in [0.29, 0.717) is 23.3 Å². The molecular weight excluding hydrogens is 542 g/mol. The third-order valence-corrected chi connectivity index (χ3v) is 9.79. The van der Waals surface area contributed by atoms with Crippen LogP contribution in [0.5, 0.6) is 5.75 Å². The molecular formula is C36H31NO6. The smallest absolute Gasteiger partial charge is 0.231 e. The number of aliphatic hydroxyl groups excluding tert-OH is 1. The van der Waals surface area contributed by atoms with Gasteiger partial charge in [-0.05, 0) is 53.7 Å². The molecule has 216 valence electrons. The second-order valence-corrected chi connectivity index (χ2v) is 11.8. The number of Topliss-reactive ketones (excluding diaryl/α,β-unsaturated/α-hetero) is 1. The van der Waals surface area contributed by atoms with Gasteiger partial charge < -0.3 is 9.84 Å². The Morgan fingerprint density at radius 3 is 2.23 bits per heavy atom. The Labute approximate surface area is 249 Å². The number of benzene rings is 3. The first kappa shape index (κ1) is 27.2. The Hall–Kier alpha value is -4.62. The monoisotopic (exact) mass is 573 g/mol. The number of aliphatic hydroxyl groups is 1. The normalized spacial score (nSPS) is 29.6. The van der Waals surface area contributed by atoms with Crippen LogP contribution in [0.4, 0.5) is 0 Å². The van der Waals surface area contributed by atoms with E-state index in [-0.39, 0.29) is 48.9 Å². The predicted molar refractivity (Wildman–Crippen MR) is 159 cm³/mol. The summed E-state index contributed by atoms with van der Waals surface area (Å²) >= 11 is 0. The average Bonchev–Trinajstić information content (AvgIpc) is 3.34. The number of rotatable bonds is 6. The summed E-state index contributed by atoms with van der Waals surface area (Å²) in [7, 11) is 0. The summed E-state index contributed by atoms with van der Waals surface area (Å²) in [6, 6.07) is 26.2. The van der Waals surface area contributed by atoms with Gasteiger partial charge in [0.1, 0.15) is 12.4 Å². The molecule has 3 aromatic rings. The van der Waals surface area contributed by atoms with E-state index >= 15 is 0 Å². The standard InChI is InChI=1S/C36H31NO6/c38-17-18-43-24-13-11-22(12-14-24)32-25-15-16-26-31(35(42)37-34(26)41)28(25)19-29-33(40)27(21-7-3-1-4-8-21)20-30(39)36(29,32)23-9-5-2-6-10-23/h1-15,20,26,28-29,31-32,38H,16-19H2,(H,37,41,42). The molecule has 0 spiro atoms. The van der Waals surface area contributed by atoms with Crippen molar-refractivity contribution in [3.63, 3.8) is 0 Å². The van der Waals surface area contributed by atoms with Crippen LogP contribution in [-0.4, -0.2) is 41.7 Å². The summed E-state index contributed by atoms with van der Waals surface area (Å²) in [5.41, 5.74) is 2.30. The largest absolute Gasteiger partial charge is 0.491 e. The molecule has 0 bridgehead atoms. The number of ether oxygens (including phenoxy) is 1. The van der Waals surface area contributed by atoms with E-state index in [1.54, 1.807) is 12.1 Å². The summed E-state index contributed by atoms with van der Waals surface area (Å²) in [6.45, 7) is 0.0338. The van der Waals surface area contributed by atoms with Crippen LogP contribution in [0.2, 0.25) is 0 Å². The van der Waals surface area contributed by atoms with E-state index < -0.39 is 29.1 Å². The summed E-state index contributed by atoms with van der Waals surface area (Å²) < 4.78 is 5.62. The molecule has 7 nitrogen and oxygen atoms in total. The van der Waals surface area contributed by atoms with Crippen molar-refractivity contribution >= 4 is 29.0 Å². The number of allylic oxidation sites excluding steroid dienone is 4. The van der Waals surface area contributed by atoms with Gasteiger partial charge in [0.2, 0.25) is 11.8 Å². The number of imide groups is 1. The number of fused-ring (bicyclic) bond motifs is 4. The second-order valence-electron chi connectivity index (χ2n) is 11.8. The van der Waals surface area contributed by atoms with Crippen LogP contribution in [-0.2, 0) is 24.6 Å². The third kappa shape index (κ3) is 4.13. The van der Waals surface area contributed by atoms with Crippen molar-refractivity contribution in [3.05, 3.63) is 119 Å². The summed E-state index contributed by atoms with van der Waals surface area (Å²) in [5.74, 6) is -3.07. The van der Waals surface area contributed by atoms with Crippen molar-refractivity contribution in [2.45, 2.75) is 24.2 Å². The Morgan fingerprint density at radius 1 is 0.837 bits per heavy atom. The van der Waals surface area contributed by atoms with E-state index in [1.807, 2.05) is 78.9 Å². The number of hydrogen-bond donors (Lipinski definition) is 2. The molecule has 7 heteroatoms. The molecule has 7 rings (SSSR count). The topological polar surface area (TPSA) is 110 Å². The van der Waals surface area contributed by atoms with Crippen LogP contribution in [0.1, 0.15) is 35.4 Å². The quantitative estimate of drug-likeness (QED) is 0.339. The fourth-order valence-corrected chi connectivity index (χ4v) is 8.08. The highest BCUT2D eigenvalue weighted by Gasteiger charge is 2.65.